The maximum absolute atomic E-state index is 12.9. The molecule has 156 valence electrons. The van der Waals surface area contributed by atoms with Gasteiger partial charge in [-0.15, -0.1) is 0 Å². The van der Waals surface area contributed by atoms with E-state index in [1.54, 1.807) is 23.1 Å². The number of piperazine rings is 1. The highest BCUT2D eigenvalue weighted by Crippen LogP contribution is 2.33. The molecule has 2 aromatic carbocycles. The number of carbonyl (C=O) groups excluding carboxylic acids is 1. The van der Waals surface area contributed by atoms with Crippen molar-refractivity contribution >= 4 is 35.0 Å². The zero-order valence-corrected chi connectivity index (χ0v) is 17.5. The van der Waals surface area contributed by atoms with E-state index in [1.807, 2.05) is 37.4 Å². The molecule has 1 aliphatic rings. The molecule has 0 radical (unpaired) electrons. The van der Waals surface area contributed by atoms with Crippen LogP contribution in [0.3, 0.4) is 0 Å². The van der Waals surface area contributed by atoms with Crippen molar-refractivity contribution in [2.45, 2.75) is 6.54 Å². The molecule has 4 rings (SSSR count). The van der Waals surface area contributed by atoms with Crippen LogP contribution in [0.5, 0.6) is 5.75 Å². The first-order chi connectivity index (χ1) is 14.6. The Kier molecular flexibility index (Phi) is 6.10. The number of phenolic OH excluding ortho intramolecular Hbond substituents is 1. The fraction of sp³-hybridized carbons (Fsp3) is 0.286. The number of benzene rings is 2. The summed E-state index contributed by atoms with van der Waals surface area (Å²) in [6.07, 6.45) is 0. The lowest BCUT2D eigenvalue weighted by Gasteiger charge is -2.32. The quantitative estimate of drug-likeness (QED) is 0.524. The van der Waals surface area contributed by atoms with Crippen molar-refractivity contribution in [2.75, 3.05) is 43.9 Å². The Morgan fingerprint density at radius 1 is 1.03 bits per heavy atom. The summed E-state index contributed by atoms with van der Waals surface area (Å²) in [5, 5.41) is 17.1. The number of amides is 1. The third kappa shape index (κ3) is 4.52. The minimum atomic E-state index is -0.164. The first-order valence-electron chi connectivity index (χ1n) is 9.79. The lowest BCUT2D eigenvalue weighted by atomic mass is 10.1. The normalized spacial score (nSPS) is 14.5. The van der Waals surface area contributed by atoms with Crippen LogP contribution >= 0.6 is 11.7 Å². The van der Waals surface area contributed by atoms with Gasteiger partial charge in [-0.2, -0.15) is 8.75 Å². The van der Waals surface area contributed by atoms with Crippen LogP contribution in [-0.2, 0) is 6.54 Å². The van der Waals surface area contributed by atoms with E-state index in [9.17, 15) is 9.90 Å². The molecule has 3 N–H and O–H groups in total. The Balaban J connectivity index is 1.47. The molecule has 0 atom stereocenters. The second-order valence-electron chi connectivity index (χ2n) is 7.22. The van der Waals surface area contributed by atoms with Gasteiger partial charge in [0.25, 0.3) is 5.91 Å². The summed E-state index contributed by atoms with van der Waals surface area (Å²) in [4.78, 5) is 16.8. The number of nitrogens with one attached hydrogen (secondary N) is 2. The van der Waals surface area contributed by atoms with Crippen LogP contribution in [0.2, 0.25) is 0 Å². The van der Waals surface area contributed by atoms with Gasteiger partial charge in [-0.25, -0.2) is 0 Å². The lowest BCUT2D eigenvalue weighted by molar-refractivity contribution is 0.0661. The van der Waals surface area contributed by atoms with Gasteiger partial charge in [-0.1, -0.05) is 36.4 Å². The Labute approximate surface area is 179 Å². The second-order valence-corrected chi connectivity index (χ2v) is 7.75. The first kappa shape index (κ1) is 20.1. The monoisotopic (exact) mass is 424 g/mol. The summed E-state index contributed by atoms with van der Waals surface area (Å²) in [7, 11) is 2.04. The molecular weight excluding hydrogens is 400 g/mol. The molecule has 3 aromatic rings. The summed E-state index contributed by atoms with van der Waals surface area (Å²) in [5.74, 6) is 0.862. The second kappa shape index (κ2) is 9.10. The summed E-state index contributed by atoms with van der Waals surface area (Å²) in [5.41, 5.74) is 1.83. The van der Waals surface area contributed by atoms with Crippen LogP contribution in [0.4, 0.5) is 17.3 Å². The zero-order chi connectivity index (χ0) is 20.9. The molecule has 1 aliphatic heterocycles. The number of anilines is 3. The fourth-order valence-electron chi connectivity index (χ4n) is 3.29. The molecule has 8 nitrogen and oxygen atoms in total. The van der Waals surface area contributed by atoms with Gasteiger partial charge in [-0.05, 0) is 24.7 Å². The Bertz CT molecular complexity index is 1000. The lowest BCUT2D eigenvalue weighted by Crippen LogP contribution is -2.47. The van der Waals surface area contributed by atoms with Crippen molar-refractivity contribution in [3.05, 3.63) is 59.7 Å². The zero-order valence-electron chi connectivity index (χ0n) is 16.7. The SMILES string of the molecule is CN1CCN(C(=O)c2cccc(Nc3nsnc3NCc3ccccc3)c2O)CC1. The largest absolute Gasteiger partial charge is 0.505 e. The number of aromatic nitrogens is 2. The Hall–Kier alpha value is -3.17. The molecule has 9 heteroatoms. The number of likely N-dealkylation sites (N-methyl/N-ethyl adjacent to an activating group) is 1. The highest BCUT2D eigenvalue weighted by molar-refractivity contribution is 6.99. The summed E-state index contributed by atoms with van der Waals surface area (Å²) >= 11 is 1.07. The van der Waals surface area contributed by atoms with Gasteiger partial charge in [-0.3, -0.25) is 4.79 Å². The summed E-state index contributed by atoms with van der Waals surface area (Å²) in [6, 6.07) is 15.1. The van der Waals surface area contributed by atoms with Crippen molar-refractivity contribution in [1.29, 1.82) is 0 Å². The van der Waals surface area contributed by atoms with Crippen molar-refractivity contribution in [3.63, 3.8) is 0 Å². The molecule has 30 heavy (non-hydrogen) atoms. The van der Waals surface area contributed by atoms with E-state index < -0.39 is 0 Å². The summed E-state index contributed by atoms with van der Waals surface area (Å²) in [6.45, 7) is 3.55. The van der Waals surface area contributed by atoms with Gasteiger partial charge in [0.2, 0.25) is 0 Å². The third-order valence-corrected chi connectivity index (χ3v) is 5.63. The first-order valence-corrected chi connectivity index (χ1v) is 10.5. The molecule has 1 aromatic heterocycles. The van der Waals surface area contributed by atoms with Crippen molar-refractivity contribution in [2.24, 2.45) is 0 Å². The number of hydrogen-bond acceptors (Lipinski definition) is 8. The van der Waals surface area contributed by atoms with Gasteiger partial charge in [0.1, 0.15) is 0 Å². The maximum atomic E-state index is 12.9. The van der Waals surface area contributed by atoms with Crippen LogP contribution in [0.1, 0.15) is 15.9 Å². The average Bonchev–Trinajstić information content (AvgIpc) is 3.21. The van der Waals surface area contributed by atoms with E-state index in [-0.39, 0.29) is 17.2 Å². The van der Waals surface area contributed by atoms with Gasteiger partial charge >= 0.3 is 0 Å². The predicted octanol–water partition coefficient (Wildman–Crippen LogP) is 2.99. The van der Waals surface area contributed by atoms with E-state index in [2.05, 4.69) is 24.3 Å². The predicted molar refractivity (Wildman–Crippen MR) is 118 cm³/mol. The van der Waals surface area contributed by atoms with Gasteiger partial charge < -0.3 is 25.5 Å². The standard InChI is InChI=1S/C21H24N6O2S/c1-26-10-12-27(13-11-26)21(29)16-8-5-9-17(18(16)28)23-20-19(24-30-25-20)22-14-15-6-3-2-4-7-15/h2-9,28H,10-14H2,1H3,(H,22,24)(H,23,25). The van der Waals surface area contributed by atoms with E-state index in [0.717, 1.165) is 30.4 Å². The number of rotatable bonds is 6. The molecular formula is C21H24N6O2S. The Morgan fingerprint density at radius 3 is 2.53 bits per heavy atom. The number of nitrogens with zero attached hydrogens (tertiary/aromatic N) is 4. The van der Waals surface area contributed by atoms with E-state index in [0.29, 0.717) is 37.0 Å². The molecule has 0 spiro atoms. The number of hydrogen-bond donors (Lipinski definition) is 3. The van der Waals surface area contributed by atoms with Crippen LogP contribution in [0.15, 0.2) is 48.5 Å². The minimum Gasteiger partial charge on any atom is -0.505 e. The molecule has 1 amide bonds. The van der Waals surface area contributed by atoms with Crippen LogP contribution in [0, 0.1) is 0 Å². The maximum Gasteiger partial charge on any atom is 0.257 e. The third-order valence-electron chi connectivity index (χ3n) is 5.10. The topological polar surface area (TPSA) is 93.6 Å². The number of aromatic hydroxyl groups is 1. The molecule has 1 saturated heterocycles. The molecule has 0 aliphatic carbocycles. The number of carbonyl (C=O) groups is 1. The average molecular weight is 425 g/mol. The number of para-hydroxylation sites is 1. The van der Waals surface area contributed by atoms with E-state index in [4.69, 9.17) is 0 Å². The van der Waals surface area contributed by atoms with E-state index >= 15 is 0 Å². The minimum absolute atomic E-state index is 0.0802. The van der Waals surface area contributed by atoms with Gasteiger partial charge in [0.15, 0.2) is 17.4 Å². The molecule has 0 bridgehead atoms. The molecule has 0 unspecified atom stereocenters. The molecule has 0 saturated carbocycles. The van der Waals surface area contributed by atoms with Crippen molar-refractivity contribution < 1.29 is 9.90 Å². The summed E-state index contributed by atoms with van der Waals surface area (Å²) < 4.78 is 8.57. The van der Waals surface area contributed by atoms with Crippen LogP contribution in [0.25, 0.3) is 0 Å². The van der Waals surface area contributed by atoms with Gasteiger partial charge in [0.05, 0.1) is 23.0 Å². The van der Waals surface area contributed by atoms with Crippen molar-refractivity contribution in [1.82, 2.24) is 18.5 Å². The van der Waals surface area contributed by atoms with Crippen LogP contribution in [-0.4, -0.2) is 62.8 Å². The number of phenols is 1. The van der Waals surface area contributed by atoms with Crippen LogP contribution < -0.4 is 10.6 Å². The molecule has 2 heterocycles. The highest BCUT2D eigenvalue weighted by Gasteiger charge is 2.24. The van der Waals surface area contributed by atoms with E-state index in [1.165, 1.54) is 0 Å². The van der Waals surface area contributed by atoms with Crippen molar-refractivity contribution in [3.8, 4) is 5.75 Å². The Morgan fingerprint density at radius 2 is 1.77 bits per heavy atom. The smallest absolute Gasteiger partial charge is 0.257 e. The van der Waals surface area contributed by atoms with Gasteiger partial charge in [0, 0.05) is 32.7 Å². The fourth-order valence-corrected chi connectivity index (χ4v) is 3.78. The highest BCUT2D eigenvalue weighted by atomic mass is 32.1. The molecule has 1 fully saturated rings.